The van der Waals surface area contributed by atoms with Gasteiger partial charge in [0, 0.05) is 5.54 Å². The molecule has 1 saturated carbocycles. The largest absolute Gasteiger partial charge is 0.294 e. The topological polar surface area (TPSA) is 49.3 Å². The Morgan fingerprint density at radius 1 is 1.75 bits per heavy atom. The predicted molar refractivity (Wildman–Crippen MR) is 31.5 cm³/mol. The molecule has 0 amide bonds. The summed E-state index contributed by atoms with van der Waals surface area (Å²) in [5, 5.41) is 0. The fraction of sp³-hybridized carbons (Fsp3) is 1.00. The van der Waals surface area contributed by atoms with Gasteiger partial charge in [0.2, 0.25) is 11.3 Å². The second-order valence-corrected chi connectivity index (χ2v) is 3.11. The Bertz CT molecular complexity index is 121. The van der Waals surface area contributed by atoms with E-state index in [1.807, 2.05) is 6.92 Å². The summed E-state index contributed by atoms with van der Waals surface area (Å²) >= 11 is -1.82. The molecule has 8 heavy (non-hydrogen) atoms. The highest BCUT2D eigenvalue weighted by Gasteiger charge is 2.38. The Hall–Kier alpha value is 0.0700. The lowest BCUT2D eigenvalue weighted by atomic mass is 10.4. The van der Waals surface area contributed by atoms with Gasteiger partial charge >= 0.3 is 0 Å². The van der Waals surface area contributed by atoms with Crippen molar-refractivity contribution >= 4 is 11.3 Å². The van der Waals surface area contributed by atoms with E-state index < -0.39 is 11.3 Å². The van der Waals surface area contributed by atoms with Gasteiger partial charge in [-0.25, -0.2) is 8.93 Å². The Morgan fingerprint density at radius 2 is 2.25 bits per heavy atom. The van der Waals surface area contributed by atoms with Crippen LogP contribution in [0.4, 0.5) is 0 Å². The summed E-state index contributed by atoms with van der Waals surface area (Å²) in [4.78, 5) is 0. The predicted octanol–water partition coefficient (Wildman–Crippen LogP) is 0.265. The molecular formula is C4H9NO2S. The highest BCUT2D eigenvalue weighted by Crippen LogP contribution is 2.34. The monoisotopic (exact) mass is 135 g/mol. The summed E-state index contributed by atoms with van der Waals surface area (Å²) in [5.74, 6) is 0. The molecule has 2 N–H and O–H groups in total. The molecule has 0 radical (unpaired) electrons. The highest BCUT2D eigenvalue weighted by molar-refractivity contribution is 7.77. The first-order chi connectivity index (χ1) is 3.62. The molecule has 1 rings (SSSR count). The van der Waals surface area contributed by atoms with E-state index in [0.29, 0.717) is 0 Å². The van der Waals surface area contributed by atoms with Gasteiger partial charge in [0.25, 0.3) is 0 Å². The minimum atomic E-state index is -1.82. The molecule has 1 atom stereocenters. The first kappa shape index (κ1) is 6.19. The zero-order valence-corrected chi connectivity index (χ0v) is 5.49. The van der Waals surface area contributed by atoms with Crippen LogP contribution in [0.15, 0.2) is 0 Å². The molecule has 0 spiro atoms. The van der Waals surface area contributed by atoms with Crippen molar-refractivity contribution < 1.29 is 8.76 Å². The molecule has 0 aliphatic heterocycles. The summed E-state index contributed by atoms with van der Waals surface area (Å²) < 4.78 is 20.9. The average Bonchev–Trinajstić information content (AvgIpc) is 2.17. The van der Waals surface area contributed by atoms with Crippen molar-refractivity contribution in [3.8, 4) is 0 Å². The zero-order chi connectivity index (χ0) is 6.20. The summed E-state index contributed by atoms with van der Waals surface area (Å²) in [5.41, 5.74) is -0.0282. The van der Waals surface area contributed by atoms with E-state index in [1.165, 1.54) is 0 Å². The molecule has 1 aliphatic carbocycles. The van der Waals surface area contributed by atoms with Gasteiger partial charge in [-0.2, -0.15) is 0 Å². The maximum Gasteiger partial charge on any atom is 0.232 e. The van der Waals surface area contributed by atoms with Crippen LogP contribution in [0.5, 0.6) is 0 Å². The van der Waals surface area contributed by atoms with Crippen molar-refractivity contribution in [2.24, 2.45) is 0 Å². The maximum absolute atomic E-state index is 10.1. The van der Waals surface area contributed by atoms with Crippen molar-refractivity contribution in [2.75, 3.05) is 0 Å². The minimum Gasteiger partial charge on any atom is -0.294 e. The molecule has 0 bridgehead atoms. The number of hydrogen-bond acceptors (Lipinski definition) is 1. The normalized spacial score (nSPS) is 27.2. The van der Waals surface area contributed by atoms with Crippen molar-refractivity contribution in [2.45, 2.75) is 25.3 Å². The molecule has 0 heterocycles. The fourth-order valence-corrected chi connectivity index (χ4v) is 1.13. The number of rotatable bonds is 2. The summed E-state index contributed by atoms with van der Waals surface area (Å²) in [6.07, 6.45) is 2.03. The van der Waals surface area contributed by atoms with E-state index in [9.17, 15) is 4.21 Å². The second-order valence-electron chi connectivity index (χ2n) is 2.41. The molecular weight excluding hydrogens is 126 g/mol. The quantitative estimate of drug-likeness (QED) is 0.534. The van der Waals surface area contributed by atoms with E-state index in [2.05, 4.69) is 4.72 Å². The van der Waals surface area contributed by atoms with E-state index in [0.717, 1.165) is 12.8 Å². The molecule has 0 aromatic heterocycles. The average molecular weight is 135 g/mol. The van der Waals surface area contributed by atoms with Crippen LogP contribution >= 0.6 is 0 Å². The van der Waals surface area contributed by atoms with E-state index >= 15 is 0 Å². The van der Waals surface area contributed by atoms with Gasteiger partial charge in [0.05, 0.1) is 0 Å². The van der Waals surface area contributed by atoms with Crippen LogP contribution in [0.3, 0.4) is 0 Å². The summed E-state index contributed by atoms with van der Waals surface area (Å²) in [7, 11) is 0. The maximum atomic E-state index is 10.1. The highest BCUT2D eigenvalue weighted by atomic mass is 32.2. The van der Waals surface area contributed by atoms with E-state index in [4.69, 9.17) is 4.55 Å². The lowest BCUT2D eigenvalue weighted by molar-refractivity contribution is 0.528. The van der Waals surface area contributed by atoms with Crippen LogP contribution in [-0.4, -0.2) is 14.3 Å². The first-order valence-electron chi connectivity index (χ1n) is 2.51. The second kappa shape index (κ2) is 1.79. The van der Waals surface area contributed by atoms with Gasteiger partial charge < -0.3 is 0 Å². The van der Waals surface area contributed by atoms with Gasteiger partial charge in [0.1, 0.15) is 0 Å². The standard InChI is InChI=1S/C4H9NO2S/c1-4(2-3-4)5-8(6)7/h5H,2-3H2,1H3,(H,6,7). The molecule has 1 unspecified atom stereocenters. The van der Waals surface area contributed by atoms with Crippen molar-refractivity contribution in [3.63, 3.8) is 0 Å². The van der Waals surface area contributed by atoms with Crippen LogP contribution < -0.4 is 4.72 Å². The SMILES string of the molecule is CC1(NS(=O)O)CC1. The van der Waals surface area contributed by atoms with Gasteiger partial charge in [-0.05, 0) is 19.8 Å². The van der Waals surface area contributed by atoms with Gasteiger partial charge in [-0.1, -0.05) is 0 Å². The van der Waals surface area contributed by atoms with Crippen LogP contribution in [0.25, 0.3) is 0 Å². The van der Waals surface area contributed by atoms with E-state index in [-0.39, 0.29) is 5.54 Å². The van der Waals surface area contributed by atoms with Crippen molar-refractivity contribution in [1.29, 1.82) is 0 Å². The molecule has 1 fully saturated rings. The van der Waals surface area contributed by atoms with Crippen LogP contribution in [0, 0.1) is 0 Å². The molecule has 0 aromatic carbocycles. The lowest BCUT2D eigenvalue weighted by Crippen LogP contribution is -2.28. The third-order valence-corrected chi connectivity index (χ3v) is 2.00. The molecule has 0 aromatic rings. The van der Waals surface area contributed by atoms with Gasteiger partial charge in [-0.3, -0.25) is 4.55 Å². The third-order valence-electron chi connectivity index (χ3n) is 1.33. The van der Waals surface area contributed by atoms with Crippen molar-refractivity contribution in [3.05, 3.63) is 0 Å². The summed E-state index contributed by atoms with van der Waals surface area (Å²) in [6.45, 7) is 1.93. The van der Waals surface area contributed by atoms with Crippen LogP contribution in [-0.2, 0) is 11.3 Å². The molecule has 4 heteroatoms. The van der Waals surface area contributed by atoms with Crippen LogP contribution in [0.2, 0.25) is 0 Å². The molecule has 0 saturated heterocycles. The summed E-state index contributed by atoms with van der Waals surface area (Å²) in [6, 6.07) is 0. The van der Waals surface area contributed by atoms with Gasteiger partial charge in [-0.15, -0.1) is 0 Å². The Balaban J connectivity index is 2.29. The lowest BCUT2D eigenvalue weighted by Gasteiger charge is -2.03. The molecule has 48 valence electrons. The Morgan fingerprint density at radius 3 is 2.38 bits per heavy atom. The van der Waals surface area contributed by atoms with Crippen LogP contribution in [0.1, 0.15) is 19.8 Å². The zero-order valence-electron chi connectivity index (χ0n) is 4.68. The van der Waals surface area contributed by atoms with E-state index in [1.54, 1.807) is 0 Å². The smallest absolute Gasteiger partial charge is 0.232 e. The first-order valence-corrected chi connectivity index (χ1v) is 3.62. The Kier molecular flexibility index (Phi) is 1.38. The third kappa shape index (κ3) is 1.54. The molecule has 3 nitrogen and oxygen atoms in total. The number of hydrogen-bond donors (Lipinski definition) is 2. The van der Waals surface area contributed by atoms with Crippen molar-refractivity contribution in [1.82, 2.24) is 4.72 Å². The number of nitrogens with one attached hydrogen (secondary N) is 1. The van der Waals surface area contributed by atoms with Gasteiger partial charge in [0.15, 0.2) is 0 Å². The molecule has 1 aliphatic rings. The Labute approximate surface area is 50.9 Å². The fourth-order valence-electron chi connectivity index (χ4n) is 0.500. The minimum absolute atomic E-state index is 0.0282.